The second-order valence-corrected chi connectivity index (χ2v) is 6.61. The van der Waals surface area contributed by atoms with E-state index in [-0.39, 0.29) is 0 Å². The molecule has 2 aromatic heterocycles. The number of anilines is 1. The van der Waals surface area contributed by atoms with Crippen LogP contribution in [0.5, 0.6) is 0 Å². The lowest BCUT2D eigenvalue weighted by atomic mass is 10.0. The van der Waals surface area contributed by atoms with Crippen LogP contribution in [0.4, 0.5) is 5.82 Å². The molecule has 1 saturated carbocycles. The van der Waals surface area contributed by atoms with Crippen molar-refractivity contribution in [1.82, 2.24) is 15.0 Å². The van der Waals surface area contributed by atoms with Gasteiger partial charge < -0.3 is 5.32 Å². The first kappa shape index (κ1) is 14.4. The number of aryl methyl sites for hydroxylation is 1. The van der Waals surface area contributed by atoms with Gasteiger partial charge in [0.15, 0.2) is 0 Å². The van der Waals surface area contributed by atoms with Crippen molar-refractivity contribution in [2.24, 2.45) is 0 Å². The Balaban J connectivity index is 1.86. The van der Waals surface area contributed by atoms with E-state index in [1.807, 2.05) is 6.92 Å². The van der Waals surface area contributed by atoms with Gasteiger partial charge in [0.1, 0.15) is 16.6 Å². The molecule has 21 heavy (non-hydrogen) atoms. The predicted molar refractivity (Wildman–Crippen MR) is 87.1 cm³/mol. The lowest BCUT2D eigenvalue weighted by molar-refractivity contribution is 0.686. The van der Waals surface area contributed by atoms with Crippen LogP contribution in [-0.4, -0.2) is 21.5 Å². The van der Waals surface area contributed by atoms with Gasteiger partial charge in [-0.1, -0.05) is 12.8 Å². The summed E-state index contributed by atoms with van der Waals surface area (Å²) in [7, 11) is 0. The van der Waals surface area contributed by atoms with Crippen LogP contribution in [0.25, 0.3) is 0 Å². The number of rotatable bonds is 5. The monoisotopic (exact) mass is 302 g/mol. The molecule has 2 heterocycles. The summed E-state index contributed by atoms with van der Waals surface area (Å²) in [5.41, 5.74) is 2.29. The molecule has 0 atom stereocenters. The van der Waals surface area contributed by atoms with Crippen LogP contribution in [0.2, 0.25) is 0 Å². The number of aromatic nitrogens is 3. The second kappa shape index (κ2) is 6.52. The van der Waals surface area contributed by atoms with Gasteiger partial charge in [-0.25, -0.2) is 15.0 Å². The minimum atomic E-state index is 0.613. The van der Waals surface area contributed by atoms with Crippen molar-refractivity contribution >= 4 is 17.2 Å². The lowest BCUT2D eigenvalue weighted by Gasteiger charge is -2.12. The summed E-state index contributed by atoms with van der Waals surface area (Å²) in [5, 5.41) is 6.52. The molecule has 0 bridgehead atoms. The molecule has 0 saturated heterocycles. The van der Waals surface area contributed by atoms with E-state index in [1.54, 1.807) is 11.3 Å². The number of nitrogens with zero attached hydrogens (tertiary/aromatic N) is 3. The lowest BCUT2D eigenvalue weighted by Crippen LogP contribution is -2.08. The fraction of sp³-hybridized carbons (Fsp3) is 0.562. The average Bonchev–Trinajstić information content (AvgIpc) is 3.11. The molecule has 0 radical (unpaired) electrons. The van der Waals surface area contributed by atoms with Gasteiger partial charge in [0.25, 0.3) is 0 Å². The maximum atomic E-state index is 4.82. The Bertz CT molecular complexity index is 602. The molecule has 0 amide bonds. The molecule has 5 heteroatoms. The van der Waals surface area contributed by atoms with Crippen molar-refractivity contribution in [2.75, 3.05) is 11.9 Å². The van der Waals surface area contributed by atoms with E-state index in [0.717, 1.165) is 35.3 Å². The van der Waals surface area contributed by atoms with Gasteiger partial charge in [0, 0.05) is 35.3 Å². The Morgan fingerprint density at radius 1 is 1.24 bits per heavy atom. The van der Waals surface area contributed by atoms with Gasteiger partial charge in [-0.3, -0.25) is 0 Å². The molecule has 1 aliphatic carbocycles. The van der Waals surface area contributed by atoms with E-state index in [0.29, 0.717) is 5.92 Å². The highest BCUT2D eigenvalue weighted by molar-refractivity contribution is 7.09. The normalized spacial score (nSPS) is 15.5. The van der Waals surface area contributed by atoms with E-state index >= 15 is 0 Å². The first-order chi connectivity index (χ1) is 10.2. The number of nitrogens with one attached hydrogen (secondary N) is 1. The minimum Gasteiger partial charge on any atom is -0.370 e. The van der Waals surface area contributed by atoms with E-state index < -0.39 is 0 Å². The first-order valence-corrected chi connectivity index (χ1v) is 8.65. The molecule has 4 nitrogen and oxygen atoms in total. The van der Waals surface area contributed by atoms with Gasteiger partial charge in [-0.2, -0.15) is 0 Å². The average molecular weight is 302 g/mol. The molecule has 1 aliphatic rings. The number of hydrogen-bond donors (Lipinski definition) is 1. The van der Waals surface area contributed by atoms with Gasteiger partial charge in [-0.15, -0.1) is 11.3 Å². The molecule has 3 rings (SSSR count). The van der Waals surface area contributed by atoms with Crippen LogP contribution < -0.4 is 5.32 Å². The van der Waals surface area contributed by atoms with Gasteiger partial charge in [0.2, 0.25) is 0 Å². The highest BCUT2D eigenvalue weighted by Crippen LogP contribution is 2.33. The maximum absolute atomic E-state index is 4.82. The molecule has 0 unspecified atom stereocenters. The molecule has 0 aromatic carbocycles. The van der Waals surface area contributed by atoms with Crippen LogP contribution in [-0.2, 0) is 6.42 Å². The Kier molecular flexibility index (Phi) is 4.48. The summed E-state index contributed by atoms with van der Waals surface area (Å²) in [6.07, 6.45) is 5.91. The zero-order chi connectivity index (χ0) is 14.7. The Morgan fingerprint density at radius 2 is 2.05 bits per heavy atom. The fourth-order valence-corrected chi connectivity index (χ4v) is 3.69. The molecule has 2 aromatic rings. The Hall–Kier alpha value is -1.49. The summed E-state index contributed by atoms with van der Waals surface area (Å²) in [6, 6.07) is 2.14. The summed E-state index contributed by atoms with van der Waals surface area (Å²) in [6.45, 7) is 5.01. The summed E-state index contributed by atoms with van der Waals surface area (Å²) < 4.78 is 0. The third-order valence-corrected chi connectivity index (χ3v) is 4.87. The highest BCUT2D eigenvalue weighted by atomic mass is 32.1. The van der Waals surface area contributed by atoms with Crippen molar-refractivity contribution in [3.63, 3.8) is 0 Å². The highest BCUT2D eigenvalue weighted by Gasteiger charge is 2.20. The van der Waals surface area contributed by atoms with Crippen molar-refractivity contribution in [3.8, 4) is 0 Å². The molecular weight excluding hydrogens is 280 g/mol. The smallest absolute Gasteiger partial charge is 0.137 e. The topological polar surface area (TPSA) is 50.7 Å². The first-order valence-electron chi connectivity index (χ1n) is 7.77. The van der Waals surface area contributed by atoms with Crippen LogP contribution in [0.15, 0.2) is 11.4 Å². The van der Waals surface area contributed by atoms with Crippen LogP contribution >= 0.6 is 11.3 Å². The maximum Gasteiger partial charge on any atom is 0.137 e. The van der Waals surface area contributed by atoms with Gasteiger partial charge in [0.05, 0.1) is 6.42 Å². The van der Waals surface area contributed by atoms with Crippen LogP contribution in [0, 0.1) is 6.92 Å². The quantitative estimate of drug-likeness (QED) is 0.909. The molecular formula is C16H22N4S. The zero-order valence-electron chi connectivity index (χ0n) is 12.7. The van der Waals surface area contributed by atoms with E-state index in [9.17, 15) is 0 Å². The standard InChI is InChI=1S/C16H22N4S/c1-3-17-14-8-13(12-6-4-5-7-12)19-15(20-14)9-16-18-11(2)10-21-16/h8,10,12H,3-7,9H2,1-2H3,(H,17,19,20). The number of hydrogen-bond acceptors (Lipinski definition) is 5. The minimum absolute atomic E-state index is 0.613. The second-order valence-electron chi connectivity index (χ2n) is 5.67. The zero-order valence-corrected chi connectivity index (χ0v) is 13.5. The summed E-state index contributed by atoms with van der Waals surface area (Å²) >= 11 is 1.69. The van der Waals surface area contributed by atoms with E-state index in [4.69, 9.17) is 4.98 Å². The Labute approximate surface area is 130 Å². The van der Waals surface area contributed by atoms with Crippen molar-refractivity contribution in [2.45, 2.75) is 51.9 Å². The van der Waals surface area contributed by atoms with Crippen molar-refractivity contribution < 1.29 is 0 Å². The molecule has 1 N–H and O–H groups in total. The molecule has 0 spiro atoms. The fourth-order valence-electron chi connectivity index (χ4n) is 2.92. The molecule has 112 valence electrons. The summed E-state index contributed by atoms with van der Waals surface area (Å²) in [4.78, 5) is 14.0. The molecule has 0 aliphatic heterocycles. The van der Waals surface area contributed by atoms with E-state index in [2.05, 4.69) is 33.7 Å². The number of thiazole rings is 1. The largest absolute Gasteiger partial charge is 0.370 e. The van der Waals surface area contributed by atoms with Crippen molar-refractivity contribution in [1.29, 1.82) is 0 Å². The third kappa shape index (κ3) is 3.59. The predicted octanol–water partition coefficient (Wildman–Crippen LogP) is 3.92. The van der Waals surface area contributed by atoms with Crippen LogP contribution in [0.1, 0.15) is 60.7 Å². The van der Waals surface area contributed by atoms with Crippen molar-refractivity contribution in [3.05, 3.63) is 33.7 Å². The summed E-state index contributed by atoms with van der Waals surface area (Å²) in [5.74, 6) is 2.46. The van der Waals surface area contributed by atoms with E-state index in [1.165, 1.54) is 31.4 Å². The SMILES string of the molecule is CCNc1cc(C2CCCC2)nc(Cc2nc(C)cs2)n1. The Morgan fingerprint density at radius 3 is 2.71 bits per heavy atom. The third-order valence-electron chi connectivity index (χ3n) is 3.90. The van der Waals surface area contributed by atoms with Crippen LogP contribution in [0.3, 0.4) is 0 Å². The molecule has 1 fully saturated rings. The van der Waals surface area contributed by atoms with Gasteiger partial charge >= 0.3 is 0 Å². The van der Waals surface area contributed by atoms with Gasteiger partial charge in [-0.05, 0) is 26.7 Å².